The van der Waals surface area contributed by atoms with Crippen LogP contribution in [0.5, 0.6) is 5.75 Å². The Kier molecular flexibility index (Phi) is 6.52. The van der Waals surface area contributed by atoms with Gasteiger partial charge in [0.05, 0.1) is 12.7 Å². The standard InChI is InChI=1S/C15H21Br2NO2/c1-15(2,3)8-10(16)9-18-14(19)12-7-11(20-4)5-6-13(12)17/h5-7,10H,8-9H2,1-4H3,(H,18,19). The number of hydrogen-bond donors (Lipinski definition) is 1. The molecule has 0 aliphatic carbocycles. The van der Waals surface area contributed by atoms with Crippen molar-refractivity contribution in [3.63, 3.8) is 0 Å². The molecule has 0 aromatic heterocycles. The fraction of sp³-hybridized carbons (Fsp3) is 0.533. The van der Waals surface area contributed by atoms with Crippen LogP contribution in [0, 0.1) is 5.41 Å². The molecule has 0 heterocycles. The van der Waals surface area contributed by atoms with Crippen molar-refractivity contribution in [1.82, 2.24) is 5.32 Å². The Bertz CT molecular complexity index is 469. The molecule has 0 aliphatic rings. The van der Waals surface area contributed by atoms with E-state index in [9.17, 15) is 4.79 Å². The zero-order valence-corrected chi connectivity index (χ0v) is 15.5. The Labute approximate surface area is 137 Å². The van der Waals surface area contributed by atoms with Crippen molar-refractivity contribution in [2.24, 2.45) is 5.41 Å². The summed E-state index contributed by atoms with van der Waals surface area (Å²) < 4.78 is 5.90. The number of carbonyl (C=O) groups excluding carboxylic acids is 1. The van der Waals surface area contributed by atoms with E-state index >= 15 is 0 Å². The second kappa shape index (κ2) is 7.46. The van der Waals surface area contributed by atoms with Crippen LogP contribution in [0.4, 0.5) is 0 Å². The molecule has 5 heteroatoms. The van der Waals surface area contributed by atoms with Crippen LogP contribution in [0.2, 0.25) is 0 Å². The highest BCUT2D eigenvalue weighted by atomic mass is 79.9. The van der Waals surface area contributed by atoms with Crippen LogP contribution < -0.4 is 10.1 Å². The number of amides is 1. The predicted octanol–water partition coefficient (Wildman–Crippen LogP) is 4.39. The van der Waals surface area contributed by atoms with Crippen LogP contribution >= 0.6 is 31.9 Å². The third kappa shape index (κ3) is 5.83. The number of halogens is 2. The molecule has 1 amide bonds. The highest BCUT2D eigenvalue weighted by Crippen LogP contribution is 2.25. The van der Waals surface area contributed by atoms with Gasteiger partial charge in [-0.1, -0.05) is 36.7 Å². The zero-order chi connectivity index (χ0) is 15.3. The molecule has 0 aliphatic heterocycles. The van der Waals surface area contributed by atoms with Gasteiger partial charge in [0.15, 0.2) is 0 Å². The Balaban J connectivity index is 2.63. The molecule has 3 nitrogen and oxygen atoms in total. The van der Waals surface area contributed by atoms with E-state index in [1.54, 1.807) is 13.2 Å². The number of carbonyl (C=O) groups is 1. The first-order chi connectivity index (χ1) is 9.23. The monoisotopic (exact) mass is 405 g/mol. The maximum absolute atomic E-state index is 12.2. The minimum atomic E-state index is -0.103. The Morgan fingerprint density at radius 2 is 2.05 bits per heavy atom. The Morgan fingerprint density at radius 3 is 2.60 bits per heavy atom. The fourth-order valence-corrected chi connectivity index (χ4v) is 3.40. The van der Waals surface area contributed by atoms with Gasteiger partial charge in [0, 0.05) is 15.8 Å². The molecule has 112 valence electrons. The summed E-state index contributed by atoms with van der Waals surface area (Å²) in [6, 6.07) is 5.36. The molecule has 0 saturated heterocycles. The fourth-order valence-electron chi connectivity index (χ4n) is 1.84. The Hall–Kier alpha value is -0.550. The van der Waals surface area contributed by atoms with Crippen molar-refractivity contribution in [3.05, 3.63) is 28.2 Å². The van der Waals surface area contributed by atoms with Crippen LogP contribution in [-0.4, -0.2) is 24.4 Å². The molecule has 1 N–H and O–H groups in total. The van der Waals surface area contributed by atoms with Gasteiger partial charge < -0.3 is 10.1 Å². The molecule has 1 rings (SSSR count). The van der Waals surface area contributed by atoms with Crippen molar-refractivity contribution >= 4 is 37.8 Å². The molecule has 1 atom stereocenters. The number of rotatable bonds is 5. The molecule has 1 aromatic carbocycles. The first-order valence-electron chi connectivity index (χ1n) is 6.49. The summed E-state index contributed by atoms with van der Waals surface area (Å²) in [6.45, 7) is 7.14. The average Bonchev–Trinajstić information content (AvgIpc) is 2.34. The minimum absolute atomic E-state index is 0.103. The van der Waals surface area contributed by atoms with Gasteiger partial charge >= 0.3 is 0 Å². The van der Waals surface area contributed by atoms with E-state index < -0.39 is 0 Å². The highest BCUT2D eigenvalue weighted by molar-refractivity contribution is 9.10. The lowest BCUT2D eigenvalue weighted by molar-refractivity contribution is 0.0951. The van der Waals surface area contributed by atoms with Gasteiger partial charge in [-0.05, 0) is 46.0 Å². The zero-order valence-electron chi connectivity index (χ0n) is 12.3. The first-order valence-corrected chi connectivity index (χ1v) is 8.19. The van der Waals surface area contributed by atoms with E-state index in [-0.39, 0.29) is 16.1 Å². The van der Waals surface area contributed by atoms with Crippen molar-refractivity contribution in [3.8, 4) is 5.75 Å². The molecule has 0 saturated carbocycles. The molecule has 0 fully saturated rings. The normalized spacial score (nSPS) is 12.9. The van der Waals surface area contributed by atoms with Crippen molar-refractivity contribution in [2.45, 2.75) is 32.0 Å². The number of hydrogen-bond acceptors (Lipinski definition) is 2. The summed E-state index contributed by atoms with van der Waals surface area (Å²) in [7, 11) is 1.59. The van der Waals surface area contributed by atoms with Gasteiger partial charge in [-0.15, -0.1) is 0 Å². The summed E-state index contributed by atoms with van der Waals surface area (Å²) in [6.07, 6.45) is 0.993. The summed E-state index contributed by atoms with van der Waals surface area (Å²) in [5.41, 5.74) is 0.815. The second-order valence-corrected chi connectivity index (χ2v) is 8.07. The van der Waals surface area contributed by atoms with Crippen LogP contribution in [-0.2, 0) is 0 Å². The van der Waals surface area contributed by atoms with Crippen LogP contribution in [0.3, 0.4) is 0 Å². The Morgan fingerprint density at radius 1 is 1.40 bits per heavy atom. The van der Waals surface area contributed by atoms with Gasteiger partial charge in [-0.25, -0.2) is 0 Å². The summed E-state index contributed by atoms with van der Waals surface area (Å²) >= 11 is 7.00. The number of alkyl halides is 1. The van der Waals surface area contributed by atoms with Crippen molar-refractivity contribution < 1.29 is 9.53 Å². The molecule has 1 unspecified atom stereocenters. The third-order valence-electron chi connectivity index (χ3n) is 2.74. The number of nitrogens with one attached hydrogen (secondary N) is 1. The van der Waals surface area contributed by atoms with Gasteiger partial charge in [0.25, 0.3) is 5.91 Å². The van der Waals surface area contributed by atoms with E-state index in [0.717, 1.165) is 10.9 Å². The first kappa shape index (κ1) is 17.5. The molecule has 0 spiro atoms. The molecule has 1 aromatic rings. The number of methoxy groups -OCH3 is 1. The third-order valence-corrected chi connectivity index (χ3v) is 4.08. The number of benzene rings is 1. The van der Waals surface area contributed by atoms with E-state index in [1.807, 2.05) is 12.1 Å². The van der Waals surface area contributed by atoms with Crippen LogP contribution in [0.15, 0.2) is 22.7 Å². The lowest BCUT2D eigenvalue weighted by Crippen LogP contribution is -2.31. The smallest absolute Gasteiger partial charge is 0.252 e. The van der Waals surface area contributed by atoms with Crippen LogP contribution in [0.1, 0.15) is 37.6 Å². The molecule has 0 bridgehead atoms. The van der Waals surface area contributed by atoms with Gasteiger partial charge in [-0.2, -0.15) is 0 Å². The van der Waals surface area contributed by atoms with Gasteiger partial charge in [-0.3, -0.25) is 4.79 Å². The maximum atomic E-state index is 12.2. The average molecular weight is 407 g/mol. The topological polar surface area (TPSA) is 38.3 Å². The lowest BCUT2D eigenvalue weighted by atomic mass is 9.90. The predicted molar refractivity (Wildman–Crippen MR) is 89.8 cm³/mol. The second-order valence-electron chi connectivity index (χ2n) is 5.92. The minimum Gasteiger partial charge on any atom is -0.497 e. The molecule has 0 radical (unpaired) electrons. The lowest BCUT2D eigenvalue weighted by Gasteiger charge is -2.22. The molecule has 20 heavy (non-hydrogen) atoms. The van der Waals surface area contributed by atoms with E-state index in [1.165, 1.54) is 0 Å². The number of ether oxygens (including phenoxy) is 1. The largest absolute Gasteiger partial charge is 0.497 e. The van der Waals surface area contributed by atoms with Crippen molar-refractivity contribution in [2.75, 3.05) is 13.7 Å². The highest BCUT2D eigenvalue weighted by Gasteiger charge is 2.18. The molecular formula is C15H21Br2NO2. The van der Waals surface area contributed by atoms with E-state index in [0.29, 0.717) is 17.9 Å². The summed E-state index contributed by atoms with van der Waals surface area (Å²) in [5.74, 6) is 0.567. The maximum Gasteiger partial charge on any atom is 0.252 e. The summed E-state index contributed by atoms with van der Waals surface area (Å²) in [5, 5.41) is 2.94. The van der Waals surface area contributed by atoms with Gasteiger partial charge in [0.1, 0.15) is 5.75 Å². The van der Waals surface area contributed by atoms with Crippen LogP contribution in [0.25, 0.3) is 0 Å². The SMILES string of the molecule is COc1ccc(Br)c(C(=O)NCC(Br)CC(C)(C)C)c1. The van der Waals surface area contributed by atoms with Gasteiger partial charge in [0.2, 0.25) is 0 Å². The van der Waals surface area contributed by atoms with E-state index in [2.05, 4.69) is 57.9 Å². The van der Waals surface area contributed by atoms with E-state index in [4.69, 9.17) is 4.74 Å². The quantitative estimate of drug-likeness (QED) is 0.736. The van der Waals surface area contributed by atoms with Crippen molar-refractivity contribution in [1.29, 1.82) is 0 Å². The molecular weight excluding hydrogens is 386 g/mol. The summed E-state index contributed by atoms with van der Waals surface area (Å²) in [4.78, 5) is 12.4.